The molecule has 0 spiro atoms. The lowest BCUT2D eigenvalue weighted by Gasteiger charge is -2.38. The number of nitrogens with one attached hydrogen (secondary N) is 1. The van der Waals surface area contributed by atoms with E-state index in [1.807, 2.05) is 62.3 Å². The third-order valence-corrected chi connectivity index (χ3v) is 12.1. The maximum atomic E-state index is 13.7. The van der Waals surface area contributed by atoms with Gasteiger partial charge in [0, 0.05) is 34.7 Å². The van der Waals surface area contributed by atoms with Crippen molar-refractivity contribution in [1.82, 2.24) is 19.4 Å². The van der Waals surface area contributed by atoms with Gasteiger partial charge in [0.05, 0.1) is 24.9 Å². The summed E-state index contributed by atoms with van der Waals surface area (Å²) < 4.78 is 8.34. The second-order valence-electron chi connectivity index (χ2n) is 11.7. The number of nitrogens with zero attached hydrogens (tertiary/aromatic N) is 4. The molecule has 7 nitrogen and oxygen atoms in total. The van der Waals surface area contributed by atoms with Crippen molar-refractivity contribution in [1.29, 1.82) is 0 Å². The first-order chi connectivity index (χ1) is 17.3. The summed E-state index contributed by atoms with van der Waals surface area (Å²) in [6.07, 6.45) is 3.70. The Balaban J connectivity index is 1.63. The molecular weight excluding hydrogens is 502 g/mol. The molecule has 0 saturated carbocycles. The maximum Gasteiger partial charge on any atom is 0.329 e. The molecule has 0 aliphatic carbocycles. The second kappa shape index (κ2) is 10.2. The lowest BCUT2D eigenvalue weighted by molar-refractivity contribution is 0.144. The second-order valence-corrected chi connectivity index (χ2v) is 16.9. The Labute approximate surface area is 226 Å². The predicted octanol–water partition coefficient (Wildman–Crippen LogP) is 7.27. The van der Waals surface area contributed by atoms with Crippen molar-refractivity contribution in [3.8, 4) is 11.3 Å². The molecule has 3 aromatic rings. The number of rotatable bonds is 8. The van der Waals surface area contributed by atoms with E-state index in [4.69, 9.17) is 21.0 Å². The molecule has 9 heteroatoms. The summed E-state index contributed by atoms with van der Waals surface area (Å²) in [7, 11) is -2.03. The molecule has 1 aromatic carbocycles. The van der Waals surface area contributed by atoms with Crippen LogP contribution in [0.3, 0.4) is 0 Å². The zero-order valence-electron chi connectivity index (χ0n) is 23.1. The summed E-state index contributed by atoms with van der Waals surface area (Å²) in [5.74, 6) is 0.582. The van der Waals surface area contributed by atoms with Crippen LogP contribution in [0, 0.1) is 6.92 Å². The summed E-state index contributed by atoms with van der Waals surface area (Å²) in [5, 5.41) is 3.97. The van der Waals surface area contributed by atoms with Crippen LogP contribution in [0.2, 0.25) is 23.2 Å². The lowest BCUT2D eigenvalue weighted by atomic mass is 10.1. The summed E-state index contributed by atoms with van der Waals surface area (Å²) in [5.41, 5.74) is 4.60. The molecule has 198 valence electrons. The highest BCUT2D eigenvalue weighted by atomic mass is 35.5. The minimum atomic E-state index is -2.03. The molecule has 1 atom stereocenters. The van der Waals surface area contributed by atoms with E-state index in [0.717, 1.165) is 28.1 Å². The number of carbonyl (C=O) groups excluding carboxylic acids is 1. The van der Waals surface area contributed by atoms with Crippen LogP contribution in [0.4, 0.5) is 10.7 Å². The number of carbonyl (C=O) groups is 1. The van der Waals surface area contributed by atoms with Gasteiger partial charge in [-0.05, 0) is 68.2 Å². The average Bonchev–Trinajstić information content (AvgIpc) is 3.34. The van der Waals surface area contributed by atoms with E-state index in [0.29, 0.717) is 24.1 Å². The van der Waals surface area contributed by atoms with E-state index >= 15 is 0 Å². The van der Waals surface area contributed by atoms with Gasteiger partial charge in [-0.25, -0.2) is 14.8 Å². The van der Waals surface area contributed by atoms with Crippen LogP contribution in [0.15, 0.2) is 42.7 Å². The number of benzene rings is 1. The highest BCUT2D eigenvalue weighted by molar-refractivity contribution is 6.74. The predicted molar refractivity (Wildman–Crippen MR) is 153 cm³/mol. The molecule has 0 fully saturated rings. The molecular formula is C28H38ClN5O2Si. The van der Waals surface area contributed by atoms with Crippen LogP contribution >= 0.6 is 11.6 Å². The summed E-state index contributed by atoms with van der Waals surface area (Å²) in [4.78, 5) is 24.7. The van der Waals surface area contributed by atoms with Crippen LogP contribution in [-0.2, 0) is 11.0 Å². The molecule has 1 N–H and O–H groups in total. The highest BCUT2D eigenvalue weighted by Crippen LogP contribution is 2.39. The molecule has 1 amide bonds. The van der Waals surface area contributed by atoms with Crippen LogP contribution in [-0.4, -0.2) is 46.4 Å². The van der Waals surface area contributed by atoms with Gasteiger partial charge in [0.2, 0.25) is 5.95 Å². The monoisotopic (exact) mass is 539 g/mol. The zero-order valence-corrected chi connectivity index (χ0v) is 24.8. The Kier molecular flexibility index (Phi) is 7.56. The van der Waals surface area contributed by atoms with E-state index in [2.05, 4.69) is 50.2 Å². The molecule has 1 aliphatic heterocycles. The minimum absolute atomic E-state index is 0.0692. The van der Waals surface area contributed by atoms with Crippen LogP contribution in [0.1, 0.15) is 57.5 Å². The Hall–Kier alpha value is -2.68. The fraction of sp³-hybridized carbons (Fsp3) is 0.464. The number of fused-ring (bicyclic) bond motifs is 1. The van der Waals surface area contributed by atoms with E-state index < -0.39 is 8.32 Å². The van der Waals surface area contributed by atoms with Gasteiger partial charge in [0.1, 0.15) is 0 Å². The summed E-state index contributed by atoms with van der Waals surface area (Å²) >= 11 is 6.35. The van der Waals surface area contributed by atoms with Crippen molar-refractivity contribution in [3.63, 3.8) is 0 Å². The first kappa shape index (κ1) is 27.4. The average molecular weight is 540 g/mol. The summed E-state index contributed by atoms with van der Waals surface area (Å²) in [6.45, 7) is 18.1. The first-order valence-corrected chi connectivity index (χ1v) is 16.1. The topological polar surface area (TPSA) is 72.3 Å². The van der Waals surface area contributed by atoms with Gasteiger partial charge >= 0.3 is 6.03 Å². The van der Waals surface area contributed by atoms with Gasteiger partial charge in [0.15, 0.2) is 8.32 Å². The van der Waals surface area contributed by atoms with E-state index in [9.17, 15) is 4.79 Å². The Morgan fingerprint density at radius 2 is 1.95 bits per heavy atom. The molecule has 0 bridgehead atoms. The van der Waals surface area contributed by atoms with Gasteiger partial charge in [-0.1, -0.05) is 44.5 Å². The minimum Gasteiger partial charge on any atom is -0.414 e. The van der Waals surface area contributed by atoms with Gasteiger partial charge < -0.3 is 14.6 Å². The molecule has 2 aromatic heterocycles. The quantitative estimate of drug-likeness (QED) is 0.305. The van der Waals surface area contributed by atoms with E-state index in [-0.39, 0.29) is 23.2 Å². The number of aryl methyl sites for hydroxylation is 1. The number of halogens is 1. The van der Waals surface area contributed by atoms with Gasteiger partial charge in [-0.15, -0.1) is 0 Å². The van der Waals surface area contributed by atoms with Gasteiger partial charge in [-0.2, -0.15) is 0 Å². The molecule has 3 heterocycles. The van der Waals surface area contributed by atoms with Crippen molar-refractivity contribution in [2.45, 2.75) is 78.3 Å². The molecule has 0 saturated heterocycles. The standard InChI is InChI=1S/C28H38ClN5O2Si/c1-18(2)31-26-30-14-19(3)25(32-26)21-13-23-16-34(27(35)33(23)15-21)24(20-10-9-11-22(29)12-20)17-36-37(7,8)28(4,5)6/h9-15,18,24H,16-17H2,1-8H3,(H,30,31,32). The molecule has 1 unspecified atom stereocenters. The van der Waals surface area contributed by atoms with Crippen molar-refractivity contribution < 1.29 is 9.22 Å². The third-order valence-electron chi connectivity index (χ3n) is 7.36. The van der Waals surface area contributed by atoms with Crippen molar-refractivity contribution in [2.24, 2.45) is 0 Å². The number of aromatic nitrogens is 3. The van der Waals surface area contributed by atoms with Crippen LogP contribution in [0.5, 0.6) is 0 Å². The molecule has 0 radical (unpaired) electrons. The highest BCUT2D eigenvalue weighted by Gasteiger charge is 2.40. The molecule has 37 heavy (non-hydrogen) atoms. The normalized spacial score (nSPS) is 14.9. The summed E-state index contributed by atoms with van der Waals surface area (Å²) in [6, 6.07) is 9.69. The fourth-order valence-corrected chi connectivity index (χ4v) is 5.41. The van der Waals surface area contributed by atoms with Crippen LogP contribution in [0.25, 0.3) is 11.3 Å². The van der Waals surface area contributed by atoms with Crippen LogP contribution < -0.4 is 5.32 Å². The van der Waals surface area contributed by atoms with Crippen molar-refractivity contribution >= 4 is 31.9 Å². The SMILES string of the molecule is Cc1cnc(NC(C)C)nc1-c1cc2n(c1)C(=O)N(C(CO[Si](C)(C)C(C)(C)C)c1cccc(Cl)c1)C2. The van der Waals surface area contributed by atoms with E-state index in [1.165, 1.54) is 0 Å². The largest absolute Gasteiger partial charge is 0.414 e. The maximum absolute atomic E-state index is 13.7. The van der Waals surface area contributed by atoms with Gasteiger partial charge in [0.25, 0.3) is 0 Å². The Morgan fingerprint density at radius 3 is 2.57 bits per heavy atom. The fourth-order valence-electron chi connectivity index (χ4n) is 4.21. The zero-order chi connectivity index (χ0) is 27.1. The Bertz CT molecular complexity index is 1300. The lowest BCUT2D eigenvalue weighted by Crippen LogP contribution is -2.44. The smallest absolute Gasteiger partial charge is 0.329 e. The van der Waals surface area contributed by atoms with Crippen molar-refractivity contribution in [3.05, 3.63) is 64.6 Å². The number of hydrogen-bond acceptors (Lipinski definition) is 5. The first-order valence-electron chi connectivity index (χ1n) is 12.8. The molecule has 4 rings (SSSR count). The van der Waals surface area contributed by atoms with E-state index in [1.54, 1.807) is 4.57 Å². The van der Waals surface area contributed by atoms with Gasteiger partial charge in [-0.3, -0.25) is 4.57 Å². The Morgan fingerprint density at radius 1 is 1.22 bits per heavy atom. The third kappa shape index (κ3) is 5.76. The number of anilines is 1. The van der Waals surface area contributed by atoms with Crippen molar-refractivity contribution in [2.75, 3.05) is 11.9 Å². The number of hydrogen-bond donors (Lipinski definition) is 1. The molecule has 1 aliphatic rings. The number of amides is 1.